The molecule has 0 atom stereocenters. The van der Waals surface area contributed by atoms with Gasteiger partial charge in [-0.15, -0.1) is 0 Å². The molecular weight excluding hydrogens is 288 g/mol. The van der Waals surface area contributed by atoms with E-state index in [1.54, 1.807) is 44.4 Å². The van der Waals surface area contributed by atoms with E-state index < -0.39 is 10.0 Å². The molecule has 0 spiro atoms. The third-order valence-electron chi connectivity index (χ3n) is 3.09. The molecule has 3 N–H and O–H groups in total. The Morgan fingerprint density at radius 1 is 1.19 bits per heavy atom. The zero-order chi connectivity index (χ0) is 15.5. The molecule has 5 nitrogen and oxygen atoms in total. The first-order valence-electron chi connectivity index (χ1n) is 6.43. The molecule has 0 aromatic heterocycles. The number of ether oxygens (including phenoxy) is 1. The Balaban J connectivity index is 2.31. The maximum Gasteiger partial charge on any atom is 0.261 e. The van der Waals surface area contributed by atoms with Gasteiger partial charge in [-0.05, 0) is 48.4 Å². The van der Waals surface area contributed by atoms with E-state index in [2.05, 4.69) is 4.72 Å². The summed E-state index contributed by atoms with van der Waals surface area (Å²) in [4.78, 5) is 0.193. The van der Waals surface area contributed by atoms with Crippen LogP contribution in [0.4, 0.5) is 5.69 Å². The van der Waals surface area contributed by atoms with Crippen LogP contribution in [0.2, 0.25) is 0 Å². The highest BCUT2D eigenvalue weighted by molar-refractivity contribution is 7.92. The van der Waals surface area contributed by atoms with Crippen LogP contribution in [0.5, 0.6) is 5.75 Å². The van der Waals surface area contributed by atoms with E-state index in [-0.39, 0.29) is 4.90 Å². The van der Waals surface area contributed by atoms with Gasteiger partial charge in [-0.2, -0.15) is 0 Å². The van der Waals surface area contributed by atoms with Crippen LogP contribution in [0.25, 0.3) is 0 Å². The predicted molar refractivity (Wildman–Crippen MR) is 82.9 cm³/mol. The van der Waals surface area contributed by atoms with Crippen molar-refractivity contribution in [3.8, 4) is 5.75 Å². The first-order valence-corrected chi connectivity index (χ1v) is 7.91. The second kappa shape index (κ2) is 6.15. The monoisotopic (exact) mass is 306 g/mol. The molecule has 2 aromatic rings. The van der Waals surface area contributed by atoms with Gasteiger partial charge in [0.25, 0.3) is 10.0 Å². The zero-order valence-corrected chi connectivity index (χ0v) is 12.8. The fourth-order valence-corrected chi connectivity index (χ4v) is 3.13. The lowest BCUT2D eigenvalue weighted by atomic mass is 10.2. The number of nitrogens with one attached hydrogen (secondary N) is 1. The fourth-order valence-electron chi connectivity index (χ4n) is 1.99. The van der Waals surface area contributed by atoms with Gasteiger partial charge in [0.05, 0.1) is 12.0 Å². The van der Waals surface area contributed by atoms with Gasteiger partial charge in [-0.3, -0.25) is 4.72 Å². The summed E-state index contributed by atoms with van der Waals surface area (Å²) in [7, 11) is -2.08. The summed E-state index contributed by atoms with van der Waals surface area (Å²) in [6.45, 7) is 2.16. The minimum absolute atomic E-state index is 0.193. The fraction of sp³-hybridized carbons (Fsp3) is 0.200. The average Bonchev–Trinajstić information content (AvgIpc) is 2.47. The number of hydrogen-bond donors (Lipinski definition) is 2. The molecule has 0 aliphatic carbocycles. The third-order valence-corrected chi connectivity index (χ3v) is 4.47. The van der Waals surface area contributed by atoms with Crippen molar-refractivity contribution >= 4 is 15.7 Å². The summed E-state index contributed by atoms with van der Waals surface area (Å²) in [6.07, 6.45) is 0. The number of benzene rings is 2. The van der Waals surface area contributed by atoms with Crippen molar-refractivity contribution in [2.24, 2.45) is 5.73 Å². The number of anilines is 1. The first kappa shape index (κ1) is 15.3. The van der Waals surface area contributed by atoms with Crippen LogP contribution in [0, 0.1) is 6.92 Å². The van der Waals surface area contributed by atoms with Gasteiger partial charge in [-0.1, -0.05) is 12.1 Å². The summed E-state index contributed by atoms with van der Waals surface area (Å²) in [5.74, 6) is 0.652. The van der Waals surface area contributed by atoms with Crippen LogP contribution in [0.3, 0.4) is 0 Å². The minimum atomic E-state index is -3.63. The van der Waals surface area contributed by atoms with Gasteiger partial charge < -0.3 is 10.5 Å². The van der Waals surface area contributed by atoms with Crippen LogP contribution in [0.1, 0.15) is 11.1 Å². The highest BCUT2D eigenvalue weighted by Crippen LogP contribution is 2.23. The summed E-state index contributed by atoms with van der Waals surface area (Å²) >= 11 is 0. The predicted octanol–water partition coefficient (Wildman–Crippen LogP) is 2.26. The molecule has 0 amide bonds. The largest absolute Gasteiger partial charge is 0.496 e. The molecule has 0 bridgehead atoms. The number of methoxy groups -OCH3 is 1. The van der Waals surface area contributed by atoms with Gasteiger partial charge in [-0.25, -0.2) is 8.42 Å². The van der Waals surface area contributed by atoms with Crippen molar-refractivity contribution in [3.63, 3.8) is 0 Å². The van der Waals surface area contributed by atoms with E-state index in [1.807, 2.05) is 6.07 Å². The Bertz CT molecular complexity index is 742. The number of hydrogen-bond acceptors (Lipinski definition) is 4. The molecule has 21 heavy (non-hydrogen) atoms. The van der Waals surface area contributed by atoms with Gasteiger partial charge in [0.15, 0.2) is 0 Å². The Kier molecular flexibility index (Phi) is 4.50. The first-order chi connectivity index (χ1) is 9.96. The summed E-state index contributed by atoms with van der Waals surface area (Å²) in [6, 6.07) is 11.7. The van der Waals surface area contributed by atoms with Crippen molar-refractivity contribution < 1.29 is 13.2 Å². The SMILES string of the molecule is COc1ccc(S(=O)(=O)Nc2cccc(CN)c2)cc1C. The van der Waals surface area contributed by atoms with E-state index in [4.69, 9.17) is 10.5 Å². The Labute approximate surface area is 124 Å². The number of aryl methyl sites for hydroxylation is 1. The van der Waals surface area contributed by atoms with E-state index in [9.17, 15) is 8.42 Å². The molecule has 0 fully saturated rings. The lowest BCUT2D eigenvalue weighted by Crippen LogP contribution is -2.13. The third kappa shape index (κ3) is 3.53. The zero-order valence-electron chi connectivity index (χ0n) is 12.0. The number of nitrogens with two attached hydrogens (primary N) is 1. The Morgan fingerprint density at radius 2 is 1.95 bits per heavy atom. The number of rotatable bonds is 5. The highest BCUT2D eigenvalue weighted by atomic mass is 32.2. The van der Waals surface area contributed by atoms with Crippen LogP contribution in [-0.4, -0.2) is 15.5 Å². The van der Waals surface area contributed by atoms with E-state index in [1.165, 1.54) is 6.07 Å². The second-order valence-corrected chi connectivity index (χ2v) is 6.32. The Hall–Kier alpha value is -2.05. The number of sulfonamides is 1. The summed E-state index contributed by atoms with van der Waals surface area (Å²) in [5, 5.41) is 0. The van der Waals surface area contributed by atoms with Crippen LogP contribution >= 0.6 is 0 Å². The quantitative estimate of drug-likeness (QED) is 0.888. The van der Waals surface area contributed by atoms with Crippen molar-refractivity contribution in [1.29, 1.82) is 0 Å². The smallest absolute Gasteiger partial charge is 0.261 e. The molecule has 0 saturated carbocycles. The molecule has 0 aliphatic heterocycles. The van der Waals surface area contributed by atoms with E-state index in [0.717, 1.165) is 11.1 Å². The normalized spacial score (nSPS) is 11.2. The molecule has 6 heteroatoms. The van der Waals surface area contributed by atoms with Gasteiger partial charge >= 0.3 is 0 Å². The highest BCUT2D eigenvalue weighted by Gasteiger charge is 2.15. The molecule has 0 unspecified atom stereocenters. The molecule has 0 heterocycles. The molecule has 0 saturated heterocycles. The van der Waals surface area contributed by atoms with Crippen LogP contribution in [0.15, 0.2) is 47.4 Å². The van der Waals surface area contributed by atoms with Crippen LogP contribution < -0.4 is 15.2 Å². The maximum atomic E-state index is 12.4. The van der Waals surface area contributed by atoms with Crippen molar-refractivity contribution in [2.45, 2.75) is 18.4 Å². The molecule has 0 radical (unpaired) electrons. The van der Waals surface area contributed by atoms with E-state index in [0.29, 0.717) is 18.0 Å². The lowest BCUT2D eigenvalue weighted by molar-refractivity contribution is 0.411. The standard InChI is InChI=1S/C15H18N2O3S/c1-11-8-14(6-7-15(11)20-2)21(18,19)17-13-5-3-4-12(9-13)10-16/h3-9,17H,10,16H2,1-2H3. The summed E-state index contributed by atoms with van der Waals surface area (Å²) < 4.78 is 32.4. The molecular formula is C15H18N2O3S. The molecule has 2 rings (SSSR count). The second-order valence-electron chi connectivity index (χ2n) is 4.64. The van der Waals surface area contributed by atoms with Crippen molar-refractivity contribution in [2.75, 3.05) is 11.8 Å². The topological polar surface area (TPSA) is 81.4 Å². The summed E-state index contributed by atoms with van der Waals surface area (Å²) in [5.41, 5.74) is 7.67. The lowest BCUT2D eigenvalue weighted by Gasteiger charge is -2.11. The molecule has 0 aliphatic rings. The minimum Gasteiger partial charge on any atom is -0.496 e. The van der Waals surface area contributed by atoms with E-state index >= 15 is 0 Å². The maximum absolute atomic E-state index is 12.4. The van der Waals surface area contributed by atoms with Gasteiger partial charge in [0.2, 0.25) is 0 Å². The van der Waals surface area contributed by atoms with Gasteiger partial charge in [0.1, 0.15) is 5.75 Å². The molecule has 2 aromatic carbocycles. The van der Waals surface area contributed by atoms with Crippen LogP contribution in [-0.2, 0) is 16.6 Å². The Morgan fingerprint density at radius 3 is 2.57 bits per heavy atom. The average molecular weight is 306 g/mol. The van der Waals surface area contributed by atoms with Crippen molar-refractivity contribution in [1.82, 2.24) is 0 Å². The van der Waals surface area contributed by atoms with Crippen molar-refractivity contribution in [3.05, 3.63) is 53.6 Å². The molecule has 112 valence electrons. The van der Waals surface area contributed by atoms with Gasteiger partial charge in [0, 0.05) is 12.2 Å².